The summed E-state index contributed by atoms with van der Waals surface area (Å²) in [6, 6.07) is 12.6. The number of hydrogen-bond acceptors (Lipinski definition) is 4. The number of nitrogens with one attached hydrogen (secondary N) is 1. The number of amides is 1. The van der Waals surface area contributed by atoms with Crippen LogP contribution in [0, 0.1) is 0 Å². The minimum Gasteiger partial charge on any atom is -0.487 e. The third kappa shape index (κ3) is 3.51. The van der Waals surface area contributed by atoms with Crippen LogP contribution in [-0.2, 0) is 4.79 Å². The number of anilines is 3. The van der Waals surface area contributed by atoms with Gasteiger partial charge in [0.15, 0.2) is 0 Å². The van der Waals surface area contributed by atoms with Crippen LogP contribution in [0.5, 0.6) is 5.75 Å². The van der Waals surface area contributed by atoms with E-state index in [9.17, 15) is 4.79 Å². The minimum absolute atomic E-state index is 0.000706. The molecule has 1 aliphatic rings. The smallest absolute Gasteiger partial charge is 0.243 e. The van der Waals surface area contributed by atoms with Crippen molar-refractivity contribution in [2.75, 3.05) is 29.0 Å². The molecule has 0 bridgehead atoms. The van der Waals surface area contributed by atoms with Gasteiger partial charge >= 0.3 is 0 Å². The number of fused-ring (bicyclic) bond motifs is 1. The Morgan fingerprint density at radius 1 is 1.39 bits per heavy atom. The lowest BCUT2D eigenvalue weighted by molar-refractivity contribution is -0.115. The second-order valence-corrected chi connectivity index (χ2v) is 5.97. The van der Waals surface area contributed by atoms with Crippen molar-refractivity contribution < 1.29 is 9.53 Å². The second-order valence-electron chi connectivity index (χ2n) is 5.56. The molecule has 0 radical (unpaired) electrons. The van der Waals surface area contributed by atoms with Crippen LogP contribution in [0.25, 0.3) is 0 Å². The molecule has 120 valence electrons. The Kier molecular flexibility index (Phi) is 4.30. The molecule has 6 heteroatoms. The molecular formula is C17H18ClN3O2. The van der Waals surface area contributed by atoms with E-state index in [2.05, 4.69) is 5.32 Å². The predicted molar refractivity (Wildman–Crippen MR) is 93.2 cm³/mol. The van der Waals surface area contributed by atoms with Crippen molar-refractivity contribution in [3.63, 3.8) is 0 Å². The zero-order chi connectivity index (χ0) is 16.4. The van der Waals surface area contributed by atoms with Crippen molar-refractivity contribution in [1.82, 2.24) is 0 Å². The molecule has 0 saturated heterocycles. The van der Waals surface area contributed by atoms with Gasteiger partial charge in [0.2, 0.25) is 5.91 Å². The van der Waals surface area contributed by atoms with Gasteiger partial charge in [-0.15, -0.1) is 0 Å². The highest BCUT2D eigenvalue weighted by molar-refractivity contribution is 6.33. The van der Waals surface area contributed by atoms with Crippen molar-refractivity contribution in [3.05, 3.63) is 47.5 Å². The number of ether oxygens (including phenoxy) is 1. The molecule has 2 aromatic carbocycles. The molecule has 1 atom stereocenters. The van der Waals surface area contributed by atoms with Crippen molar-refractivity contribution in [3.8, 4) is 5.75 Å². The van der Waals surface area contributed by atoms with E-state index >= 15 is 0 Å². The number of halogens is 1. The van der Waals surface area contributed by atoms with Gasteiger partial charge in [-0.3, -0.25) is 4.79 Å². The summed E-state index contributed by atoms with van der Waals surface area (Å²) < 4.78 is 5.79. The van der Waals surface area contributed by atoms with Crippen molar-refractivity contribution in [2.24, 2.45) is 0 Å². The van der Waals surface area contributed by atoms with Crippen molar-refractivity contribution in [2.45, 2.75) is 13.0 Å². The fraction of sp³-hybridized carbons (Fsp3) is 0.235. The SMILES string of the molecule is CC1CN(CC(=O)Nc2ccccc2Cl)c2cc(N)ccc2O1. The van der Waals surface area contributed by atoms with E-state index in [1.807, 2.05) is 36.1 Å². The summed E-state index contributed by atoms with van der Waals surface area (Å²) in [4.78, 5) is 14.3. The van der Waals surface area contributed by atoms with Gasteiger partial charge in [-0.1, -0.05) is 23.7 Å². The van der Waals surface area contributed by atoms with E-state index in [-0.39, 0.29) is 18.6 Å². The van der Waals surface area contributed by atoms with Crippen LogP contribution in [0.3, 0.4) is 0 Å². The maximum absolute atomic E-state index is 12.4. The first-order chi connectivity index (χ1) is 11.0. The van der Waals surface area contributed by atoms with E-state index in [0.29, 0.717) is 22.9 Å². The molecular weight excluding hydrogens is 314 g/mol. The summed E-state index contributed by atoms with van der Waals surface area (Å²) in [6.07, 6.45) is -0.000706. The quantitative estimate of drug-likeness (QED) is 0.848. The highest BCUT2D eigenvalue weighted by atomic mass is 35.5. The summed E-state index contributed by atoms with van der Waals surface area (Å²) in [5.41, 5.74) is 7.93. The molecule has 0 aliphatic carbocycles. The van der Waals surface area contributed by atoms with Crippen molar-refractivity contribution >= 4 is 34.6 Å². The van der Waals surface area contributed by atoms with Crippen LogP contribution >= 0.6 is 11.6 Å². The average Bonchev–Trinajstić information content (AvgIpc) is 2.50. The van der Waals surface area contributed by atoms with Gasteiger partial charge in [-0.2, -0.15) is 0 Å². The molecule has 2 aromatic rings. The van der Waals surface area contributed by atoms with Gasteiger partial charge in [-0.25, -0.2) is 0 Å². The summed E-state index contributed by atoms with van der Waals surface area (Å²) in [5, 5.41) is 3.35. The minimum atomic E-state index is -0.138. The lowest BCUT2D eigenvalue weighted by Gasteiger charge is -2.34. The van der Waals surface area contributed by atoms with E-state index in [0.717, 1.165) is 11.4 Å². The number of nitrogens with two attached hydrogens (primary N) is 1. The maximum atomic E-state index is 12.4. The number of hydrogen-bond donors (Lipinski definition) is 2. The lowest BCUT2D eigenvalue weighted by atomic mass is 10.2. The number of nitrogens with zero attached hydrogens (tertiary/aromatic N) is 1. The van der Waals surface area contributed by atoms with Crippen LogP contribution in [-0.4, -0.2) is 25.1 Å². The van der Waals surface area contributed by atoms with Crippen LogP contribution in [0.2, 0.25) is 5.02 Å². The Morgan fingerprint density at radius 2 is 2.17 bits per heavy atom. The van der Waals surface area contributed by atoms with Gasteiger partial charge in [0, 0.05) is 5.69 Å². The highest BCUT2D eigenvalue weighted by Crippen LogP contribution is 2.35. The largest absolute Gasteiger partial charge is 0.487 e. The zero-order valence-corrected chi connectivity index (χ0v) is 13.5. The normalized spacial score (nSPS) is 16.4. The summed E-state index contributed by atoms with van der Waals surface area (Å²) >= 11 is 6.07. The zero-order valence-electron chi connectivity index (χ0n) is 12.8. The third-order valence-corrected chi connectivity index (χ3v) is 3.94. The number of carbonyl (C=O) groups excluding carboxylic acids is 1. The Hall–Kier alpha value is -2.40. The molecule has 3 N–H and O–H groups in total. The first-order valence-corrected chi connectivity index (χ1v) is 7.76. The summed E-state index contributed by atoms with van der Waals surface area (Å²) in [5.74, 6) is 0.601. The molecule has 5 nitrogen and oxygen atoms in total. The molecule has 0 saturated carbocycles. The fourth-order valence-corrected chi connectivity index (χ4v) is 2.80. The van der Waals surface area contributed by atoms with Crippen LogP contribution in [0.4, 0.5) is 17.1 Å². The standard InChI is InChI=1S/C17H18ClN3O2/c1-11-9-21(15-8-12(19)6-7-16(15)23-11)10-17(22)20-14-5-3-2-4-13(14)18/h2-8,11H,9-10,19H2,1H3,(H,20,22). The van der Waals surface area contributed by atoms with E-state index < -0.39 is 0 Å². The molecule has 0 spiro atoms. The van der Waals surface area contributed by atoms with Crippen LogP contribution in [0.1, 0.15) is 6.92 Å². The number of nitrogen functional groups attached to an aromatic ring is 1. The second kappa shape index (κ2) is 6.38. The molecule has 0 aromatic heterocycles. The number of rotatable bonds is 3. The van der Waals surface area contributed by atoms with Crippen LogP contribution in [0.15, 0.2) is 42.5 Å². The fourth-order valence-electron chi connectivity index (χ4n) is 2.62. The van der Waals surface area contributed by atoms with Gasteiger partial charge in [-0.05, 0) is 37.3 Å². The number of carbonyl (C=O) groups is 1. The van der Waals surface area contributed by atoms with E-state index in [4.69, 9.17) is 22.1 Å². The number of benzene rings is 2. The van der Waals surface area contributed by atoms with Gasteiger partial charge in [0.05, 0.1) is 29.5 Å². The molecule has 1 heterocycles. The van der Waals surface area contributed by atoms with E-state index in [1.54, 1.807) is 18.2 Å². The summed E-state index contributed by atoms with van der Waals surface area (Å²) in [7, 11) is 0. The highest BCUT2D eigenvalue weighted by Gasteiger charge is 2.24. The predicted octanol–water partition coefficient (Wildman–Crippen LogP) is 3.15. The Balaban J connectivity index is 1.76. The Labute approximate surface area is 140 Å². The van der Waals surface area contributed by atoms with Gasteiger partial charge in [0.25, 0.3) is 0 Å². The van der Waals surface area contributed by atoms with Gasteiger partial charge in [0.1, 0.15) is 11.9 Å². The first kappa shape index (κ1) is 15.5. The monoisotopic (exact) mass is 331 g/mol. The Bertz CT molecular complexity index is 736. The van der Waals surface area contributed by atoms with Crippen LogP contribution < -0.4 is 20.7 Å². The number of para-hydroxylation sites is 1. The molecule has 1 amide bonds. The maximum Gasteiger partial charge on any atom is 0.243 e. The lowest BCUT2D eigenvalue weighted by Crippen LogP contribution is -2.42. The molecule has 3 rings (SSSR count). The van der Waals surface area contributed by atoms with Crippen molar-refractivity contribution in [1.29, 1.82) is 0 Å². The average molecular weight is 332 g/mol. The molecule has 23 heavy (non-hydrogen) atoms. The molecule has 0 fully saturated rings. The van der Waals surface area contributed by atoms with E-state index in [1.165, 1.54) is 0 Å². The Morgan fingerprint density at radius 3 is 2.96 bits per heavy atom. The first-order valence-electron chi connectivity index (χ1n) is 7.38. The molecule has 1 aliphatic heterocycles. The molecule has 1 unspecified atom stereocenters. The van der Waals surface area contributed by atoms with Gasteiger partial charge < -0.3 is 20.7 Å². The summed E-state index contributed by atoms with van der Waals surface area (Å²) in [6.45, 7) is 2.79. The third-order valence-electron chi connectivity index (χ3n) is 3.61. The topological polar surface area (TPSA) is 67.6 Å².